The largest absolute Gasteiger partial charge is 0.467 e. The number of ether oxygens (including phenoxy) is 1. The first-order chi connectivity index (χ1) is 9.51. The van der Waals surface area contributed by atoms with Crippen molar-refractivity contribution in [1.29, 1.82) is 0 Å². The fourth-order valence-electron chi connectivity index (χ4n) is 2.14. The molecule has 0 aromatic heterocycles. The number of aryl methyl sites for hydroxylation is 2. The molecule has 0 radical (unpaired) electrons. The van der Waals surface area contributed by atoms with Crippen LogP contribution in [0.2, 0.25) is 0 Å². The van der Waals surface area contributed by atoms with E-state index in [2.05, 4.69) is 11.4 Å². The molecule has 1 aromatic carbocycles. The van der Waals surface area contributed by atoms with Crippen LogP contribution in [0, 0.1) is 19.8 Å². The zero-order chi connectivity index (χ0) is 14.7. The van der Waals surface area contributed by atoms with Crippen molar-refractivity contribution in [2.24, 2.45) is 5.92 Å². The lowest BCUT2D eigenvalue weighted by molar-refractivity contribution is -0.145. The van der Waals surface area contributed by atoms with Gasteiger partial charge in [0.15, 0.2) is 0 Å². The second-order valence-corrected chi connectivity index (χ2v) is 5.48. The number of hydrogen-bond donors (Lipinski definition) is 1. The van der Waals surface area contributed by atoms with E-state index >= 15 is 0 Å². The molecule has 1 amide bonds. The SMILES string of the molecule is COC(=O)[C@@H](Cc1ccc(C)c(C)c1)NC(=O)C1CC1. The van der Waals surface area contributed by atoms with E-state index in [1.807, 2.05) is 26.0 Å². The minimum Gasteiger partial charge on any atom is -0.467 e. The maximum atomic E-state index is 11.8. The van der Waals surface area contributed by atoms with Gasteiger partial charge in [-0.1, -0.05) is 18.2 Å². The number of rotatable bonds is 5. The Balaban J connectivity index is 2.07. The van der Waals surface area contributed by atoms with Gasteiger partial charge in [0.1, 0.15) is 6.04 Å². The Morgan fingerprint density at radius 1 is 1.30 bits per heavy atom. The van der Waals surface area contributed by atoms with Crippen molar-refractivity contribution in [3.63, 3.8) is 0 Å². The van der Waals surface area contributed by atoms with Crippen molar-refractivity contribution < 1.29 is 14.3 Å². The van der Waals surface area contributed by atoms with Gasteiger partial charge in [0.05, 0.1) is 7.11 Å². The number of carbonyl (C=O) groups is 2. The van der Waals surface area contributed by atoms with Gasteiger partial charge in [-0.15, -0.1) is 0 Å². The van der Waals surface area contributed by atoms with E-state index in [1.54, 1.807) is 0 Å². The Labute approximate surface area is 119 Å². The van der Waals surface area contributed by atoms with Gasteiger partial charge in [-0.25, -0.2) is 4.79 Å². The van der Waals surface area contributed by atoms with Crippen molar-refractivity contribution in [1.82, 2.24) is 5.32 Å². The van der Waals surface area contributed by atoms with Crippen LogP contribution >= 0.6 is 0 Å². The predicted molar refractivity (Wildman–Crippen MR) is 76.3 cm³/mol. The highest BCUT2D eigenvalue weighted by atomic mass is 16.5. The summed E-state index contributed by atoms with van der Waals surface area (Å²) in [6.07, 6.45) is 2.30. The molecule has 1 aromatic rings. The molecular formula is C16H21NO3. The molecule has 4 nitrogen and oxygen atoms in total. The van der Waals surface area contributed by atoms with E-state index < -0.39 is 12.0 Å². The third-order valence-electron chi connectivity index (χ3n) is 3.76. The smallest absolute Gasteiger partial charge is 0.328 e. The van der Waals surface area contributed by atoms with Crippen molar-refractivity contribution in [2.45, 2.75) is 39.2 Å². The third kappa shape index (κ3) is 3.59. The molecule has 4 heteroatoms. The summed E-state index contributed by atoms with van der Waals surface area (Å²) in [6.45, 7) is 4.08. The molecule has 0 heterocycles. The molecule has 108 valence electrons. The van der Waals surface area contributed by atoms with Gasteiger partial charge in [-0.3, -0.25) is 4.79 Å². The summed E-state index contributed by atoms with van der Waals surface area (Å²) in [5, 5.41) is 2.80. The van der Waals surface area contributed by atoms with Crippen LogP contribution in [0.5, 0.6) is 0 Å². The first-order valence-corrected chi connectivity index (χ1v) is 6.95. The van der Waals surface area contributed by atoms with E-state index in [4.69, 9.17) is 4.74 Å². The lowest BCUT2D eigenvalue weighted by Crippen LogP contribution is -2.43. The van der Waals surface area contributed by atoms with Crippen molar-refractivity contribution in [3.05, 3.63) is 34.9 Å². The molecule has 0 unspecified atom stereocenters. The number of methoxy groups -OCH3 is 1. The van der Waals surface area contributed by atoms with Crippen LogP contribution in [0.3, 0.4) is 0 Å². The molecule has 1 fully saturated rings. The zero-order valence-corrected chi connectivity index (χ0v) is 12.2. The van der Waals surface area contributed by atoms with Crippen molar-refractivity contribution >= 4 is 11.9 Å². The monoisotopic (exact) mass is 275 g/mol. The Morgan fingerprint density at radius 3 is 2.55 bits per heavy atom. The molecule has 0 saturated heterocycles. The molecule has 0 bridgehead atoms. The van der Waals surface area contributed by atoms with Crippen LogP contribution in [-0.2, 0) is 20.7 Å². The van der Waals surface area contributed by atoms with E-state index in [1.165, 1.54) is 18.2 Å². The highest BCUT2D eigenvalue weighted by molar-refractivity contribution is 5.87. The fraction of sp³-hybridized carbons (Fsp3) is 0.500. The van der Waals surface area contributed by atoms with E-state index in [0.29, 0.717) is 6.42 Å². The molecule has 1 aliphatic rings. The summed E-state index contributed by atoms with van der Waals surface area (Å²) in [6, 6.07) is 5.47. The summed E-state index contributed by atoms with van der Waals surface area (Å²) in [7, 11) is 1.35. The van der Waals surface area contributed by atoms with Crippen LogP contribution in [0.25, 0.3) is 0 Å². The normalized spacial score (nSPS) is 15.6. The van der Waals surface area contributed by atoms with Crippen LogP contribution < -0.4 is 5.32 Å². The molecule has 0 spiro atoms. The van der Waals surface area contributed by atoms with Crippen LogP contribution in [0.15, 0.2) is 18.2 Å². The van der Waals surface area contributed by atoms with Crippen LogP contribution in [-0.4, -0.2) is 25.0 Å². The third-order valence-corrected chi connectivity index (χ3v) is 3.76. The Hall–Kier alpha value is -1.84. The van der Waals surface area contributed by atoms with Gasteiger partial charge in [0.25, 0.3) is 0 Å². The fourth-order valence-corrected chi connectivity index (χ4v) is 2.14. The maximum absolute atomic E-state index is 11.8. The first kappa shape index (κ1) is 14.6. The second-order valence-electron chi connectivity index (χ2n) is 5.48. The van der Waals surface area contributed by atoms with Gasteiger partial charge in [-0.05, 0) is 43.4 Å². The highest BCUT2D eigenvalue weighted by Crippen LogP contribution is 2.29. The minimum absolute atomic E-state index is 0.0377. The van der Waals surface area contributed by atoms with Crippen LogP contribution in [0.1, 0.15) is 29.5 Å². The Morgan fingerprint density at radius 2 is 2.00 bits per heavy atom. The van der Waals surface area contributed by atoms with Gasteiger partial charge in [-0.2, -0.15) is 0 Å². The van der Waals surface area contributed by atoms with Crippen LogP contribution in [0.4, 0.5) is 0 Å². The summed E-state index contributed by atoms with van der Waals surface area (Å²) in [4.78, 5) is 23.6. The zero-order valence-electron chi connectivity index (χ0n) is 12.2. The highest BCUT2D eigenvalue weighted by Gasteiger charge is 2.32. The molecule has 0 aliphatic heterocycles. The van der Waals surface area contributed by atoms with Crippen molar-refractivity contribution in [2.75, 3.05) is 7.11 Å². The molecule has 1 aliphatic carbocycles. The van der Waals surface area contributed by atoms with Crippen molar-refractivity contribution in [3.8, 4) is 0 Å². The molecular weight excluding hydrogens is 254 g/mol. The lowest BCUT2D eigenvalue weighted by Gasteiger charge is -2.17. The molecule has 1 atom stereocenters. The Kier molecular flexibility index (Phi) is 4.42. The van der Waals surface area contributed by atoms with E-state index in [-0.39, 0.29) is 11.8 Å². The minimum atomic E-state index is -0.602. The number of benzene rings is 1. The first-order valence-electron chi connectivity index (χ1n) is 6.95. The predicted octanol–water partition coefficient (Wildman–Crippen LogP) is 1.91. The summed E-state index contributed by atoms with van der Waals surface area (Å²) >= 11 is 0. The lowest BCUT2D eigenvalue weighted by atomic mass is 10.0. The number of nitrogens with one attached hydrogen (secondary N) is 1. The topological polar surface area (TPSA) is 55.4 Å². The van der Waals surface area contributed by atoms with E-state index in [9.17, 15) is 9.59 Å². The molecule has 1 N–H and O–H groups in total. The van der Waals surface area contributed by atoms with Gasteiger partial charge in [0.2, 0.25) is 5.91 Å². The average molecular weight is 275 g/mol. The van der Waals surface area contributed by atoms with E-state index in [0.717, 1.165) is 18.4 Å². The standard InChI is InChI=1S/C16H21NO3/c1-10-4-5-12(8-11(10)2)9-14(16(19)20-3)17-15(18)13-6-7-13/h4-5,8,13-14H,6-7,9H2,1-3H3,(H,17,18)/t14-/m1/s1. The molecule has 2 rings (SSSR count). The number of hydrogen-bond acceptors (Lipinski definition) is 3. The number of amides is 1. The number of carbonyl (C=O) groups excluding carboxylic acids is 2. The molecule has 20 heavy (non-hydrogen) atoms. The summed E-state index contributed by atoms with van der Waals surface area (Å²) in [5.41, 5.74) is 3.42. The maximum Gasteiger partial charge on any atom is 0.328 e. The van der Waals surface area contributed by atoms with Gasteiger partial charge < -0.3 is 10.1 Å². The molecule has 1 saturated carbocycles. The van der Waals surface area contributed by atoms with Gasteiger partial charge >= 0.3 is 5.97 Å². The second kappa shape index (κ2) is 6.07. The van der Waals surface area contributed by atoms with Gasteiger partial charge in [0, 0.05) is 12.3 Å². The summed E-state index contributed by atoms with van der Waals surface area (Å²) < 4.78 is 4.79. The quantitative estimate of drug-likeness (QED) is 0.835. The Bertz CT molecular complexity index is 520. The average Bonchev–Trinajstić information content (AvgIpc) is 3.25. The number of esters is 1. The summed E-state index contributed by atoms with van der Waals surface area (Å²) in [5.74, 6) is -0.344.